The number of aromatic nitrogens is 1. The summed E-state index contributed by atoms with van der Waals surface area (Å²) in [4.78, 5) is 2.50. The molecule has 1 aromatic heterocycles. The second-order valence-corrected chi connectivity index (χ2v) is 12.1. The van der Waals surface area contributed by atoms with Gasteiger partial charge in [-0.3, -0.25) is 0 Å². The molecule has 2 aliphatic rings. The molecule has 7 aromatic carbocycles. The van der Waals surface area contributed by atoms with Crippen LogP contribution in [0.4, 0.5) is 17.1 Å². The number of rotatable bonds is 3. The first-order chi connectivity index (χ1) is 22.3. The average Bonchev–Trinajstić information content (AvgIpc) is 3.45. The SMILES string of the molecule is c1ccc(-c2cccc(N3c4cc(-c5ccccc5)ccc4B4c5c(cccc53)-c3cccc5c6ccccc6n4c35)c2)cc1. The molecule has 0 bridgehead atoms. The zero-order valence-electron chi connectivity index (χ0n) is 24.6. The summed E-state index contributed by atoms with van der Waals surface area (Å²) in [6.07, 6.45) is 0. The van der Waals surface area contributed by atoms with E-state index < -0.39 is 0 Å². The lowest BCUT2D eigenvalue weighted by atomic mass is 9.45. The molecule has 10 rings (SSSR count). The Morgan fingerprint density at radius 3 is 1.89 bits per heavy atom. The van der Waals surface area contributed by atoms with E-state index in [0.29, 0.717) is 0 Å². The van der Waals surface area contributed by atoms with Crippen LogP contribution in [0, 0.1) is 0 Å². The molecule has 0 amide bonds. The normalized spacial score (nSPS) is 12.8. The number of para-hydroxylation sites is 2. The summed E-state index contributed by atoms with van der Waals surface area (Å²) in [5, 5.41) is 2.63. The minimum absolute atomic E-state index is 0.0573. The van der Waals surface area contributed by atoms with Crippen LogP contribution in [0.5, 0.6) is 0 Å². The first kappa shape index (κ1) is 24.6. The van der Waals surface area contributed by atoms with Crippen LogP contribution in [0.25, 0.3) is 55.2 Å². The molecule has 2 aliphatic heterocycles. The van der Waals surface area contributed by atoms with E-state index >= 15 is 0 Å². The van der Waals surface area contributed by atoms with Crippen LogP contribution in [0.1, 0.15) is 0 Å². The molecule has 0 N–H and O–H groups in total. The lowest BCUT2D eigenvalue weighted by Crippen LogP contribution is -2.56. The van der Waals surface area contributed by atoms with Crippen molar-refractivity contribution in [3.8, 4) is 33.4 Å². The molecule has 0 atom stereocenters. The van der Waals surface area contributed by atoms with Gasteiger partial charge < -0.3 is 9.38 Å². The van der Waals surface area contributed by atoms with Crippen LogP contribution >= 0.6 is 0 Å². The molecule has 0 saturated carbocycles. The molecule has 45 heavy (non-hydrogen) atoms. The molecule has 0 unspecified atom stereocenters. The highest BCUT2D eigenvalue weighted by atomic mass is 15.2. The van der Waals surface area contributed by atoms with Gasteiger partial charge in [0, 0.05) is 44.4 Å². The molecule has 0 radical (unpaired) electrons. The zero-order valence-corrected chi connectivity index (χ0v) is 24.6. The summed E-state index contributed by atoms with van der Waals surface area (Å²) in [5.41, 5.74) is 16.4. The van der Waals surface area contributed by atoms with Gasteiger partial charge in [0.1, 0.15) is 0 Å². The molecule has 0 spiro atoms. The van der Waals surface area contributed by atoms with Crippen molar-refractivity contribution in [1.29, 1.82) is 0 Å². The van der Waals surface area contributed by atoms with E-state index in [1.807, 2.05) is 0 Å². The second-order valence-electron chi connectivity index (χ2n) is 12.1. The lowest BCUT2D eigenvalue weighted by Gasteiger charge is -2.40. The van der Waals surface area contributed by atoms with Crippen LogP contribution in [0.2, 0.25) is 0 Å². The van der Waals surface area contributed by atoms with Gasteiger partial charge in [-0.25, -0.2) is 0 Å². The summed E-state index contributed by atoms with van der Waals surface area (Å²) in [7, 11) is 0. The Kier molecular flexibility index (Phi) is 5.12. The third-order valence-corrected chi connectivity index (χ3v) is 9.76. The Hall–Kier alpha value is -5.80. The summed E-state index contributed by atoms with van der Waals surface area (Å²) in [6, 6.07) is 60.1. The van der Waals surface area contributed by atoms with E-state index in [-0.39, 0.29) is 6.85 Å². The van der Waals surface area contributed by atoms with E-state index in [4.69, 9.17) is 0 Å². The smallest absolute Gasteiger partial charge is 0.333 e. The van der Waals surface area contributed by atoms with Crippen LogP contribution in [-0.4, -0.2) is 11.3 Å². The molecule has 208 valence electrons. The van der Waals surface area contributed by atoms with Gasteiger partial charge >= 0.3 is 6.85 Å². The topological polar surface area (TPSA) is 8.17 Å². The maximum Gasteiger partial charge on any atom is 0.333 e. The van der Waals surface area contributed by atoms with Gasteiger partial charge in [0.05, 0.1) is 0 Å². The maximum absolute atomic E-state index is 2.62. The van der Waals surface area contributed by atoms with Crippen molar-refractivity contribution in [2.24, 2.45) is 0 Å². The van der Waals surface area contributed by atoms with E-state index in [0.717, 1.165) is 5.69 Å². The molecular weight excluding hydrogens is 543 g/mol. The van der Waals surface area contributed by atoms with Gasteiger partial charge in [-0.1, -0.05) is 133 Å². The minimum Gasteiger partial charge on any atom is -0.375 e. The van der Waals surface area contributed by atoms with E-state index in [1.165, 1.54) is 77.5 Å². The van der Waals surface area contributed by atoms with E-state index in [2.05, 4.69) is 173 Å². The summed E-state index contributed by atoms with van der Waals surface area (Å²) in [5.74, 6) is 0. The highest BCUT2D eigenvalue weighted by molar-refractivity contribution is 6.90. The molecule has 0 saturated heterocycles. The predicted molar refractivity (Wildman–Crippen MR) is 191 cm³/mol. The predicted octanol–water partition coefficient (Wildman–Crippen LogP) is 9.55. The van der Waals surface area contributed by atoms with Crippen LogP contribution < -0.4 is 15.8 Å². The minimum atomic E-state index is 0.0573. The number of hydrogen-bond donors (Lipinski definition) is 0. The fourth-order valence-corrected chi connectivity index (χ4v) is 7.87. The molecule has 2 nitrogen and oxygen atoms in total. The molecule has 3 heteroatoms. The molecule has 3 heterocycles. The lowest BCUT2D eigenvalue weighted by molar-refractivity contribution is 1.25. The van der Waals surface area contributed by atoms with Crippen molar-refractivity contribution >= 4 is 56.6 Å². The van der Waals surface area contributed by atoms with Crippen molar-refractivity contribution in [1.82, 2.24) is 4.48 Å². The molecular formula is C42H27BN2. The fourth-order valence-electron chi connectivity index (χ4n) is 7.87. The Morgan fingerprint density at radius 1 is 0.422 bits per heavy atom. The van der Waals surface area contributed by atoms with Crippen molar-refractivity contribution in [2.45, 2.75) is 0 Å². The van der Waals surface area contributed by atoms with Gasteiger partial charge in [-0.15, -0.1) is 0 Å². The largest absolute Gasteiger partial charge is 0.375 e. The number of fused-ring (bicyclic) bond motifs is 7. The van der Waals surface area contributed by atoms with Crippen LogP contribution in [0.3, 0.4) is 0 Å². The first-order valence-corrected chi connectivity index (χ1v) is 15.6. The van der Waals surface area contributed by atoms with Crippen molar-refractivity contribution in [2.75, 3.05) is 4.90 Å². The third kappa shape index (κ3) is 3.47. The maximum atomic E-state index is 2.62. The fraction of sp³-hybridized carbons (Fsp3) is 0. The van der Waals surface area contributed by atoms with Crippen molar-refractivity contribution < 1.29 is 0 Å². The quantitative estimate of drug-likeness (QED) is 0.192. The second kappa shape index (κ2) is 9.35. The Morgan fingerprint density at radius 2 is 1.07 bits per heavy atom. The Bertz CT molecular complexity index is 2440. The number of hydrogen-bond acceptors (Lipinski definition) is 1. The van der Waals surface area contributed by atoms with Gasteiger partial charge in [-0.2, -0.15) is 0 Å². The van der Waals surface area contributed by atoms with E-state index in [9.17, 15) is 0 Å². The van der Waals surface area contributed by atoms with Gasteiger partial charge in [0.15, 0.2) is 0 Å². The number of nitrogens with zero attached hydrogens (tertiary/aromatic N) is 2. The standard InChI is InChI=1S/C42H27BN2/c1-3-12-28(13-4-1)30-16-9-17-32(26-30)44-39-23-11-19-34-36-21-10-20-35-33-18-7-8-22-38(33)45(42(35)36)43(41(34)39)37-25-24-31(27-40(37)44)29-14-5-2-6-15-29/h1-27H. The highest BCUT2D eigenvalue weighted by Gasteiger charge is 2.42. The average molecular weight is 571 g/mol. The Balaban J connectivity index is 1.31. The van der Waals surface area contributed by atoms with Crippen LogP contribution in [0.15, 0.2) is 164 Å². The first-order valence-electron chi connectivity index (χ1n) is 15.6. The third-order valence-electron chi connectivity index (χ3n) is 9.76. The summed E-state index contributed by atoms with van der Waals surface area (Å²) in [6.45, 7) is 0.0573. The Labute approximate surface area is 262 Å². The number of benzene rings is 7. The zero-order chi connectivity index (χ0) is 29.5. The molecule has 8 aromatic rings. The van der Waals surface area contributed by atoms with Gasteiger partial charge in [-0.05, 0) is 69.1 Å². The summed E-state index contributed by atoms with van der Waals surface area (Å²) < 4.78 is 2.62. The highest BCUT2D eigenvalue weighted by Crippen LogP contribution is 2.45. The monoisotopic (exact) mass is 570 g/mol. The van der Waals surface area contributed by atoms with Gasteiger partial charge in [0.25, 0.3) is 0 Å². The number of anilines is 3. The van der Waals surface area contributed by atoms with E-state index in [1.54, 1.807) is 0 Å². The van der Waals surface area contributed by atoms with Crippen molar-refractivity contribution in [3.05, 3.63) is 164 Å². The molecule has 0 fully saturated rings. The summed E-state index contributed by atoms with van der Waals surface area (Å²) >= 11 is 0. The van der Waals surface area contributed by atoms with Gasteiger partial charge in [0.2, 0.25) is 0 Å². The molecule has 0 aliphatic carbocycles. The van der Waals surface area contributed by atoms with Crippen molar-refractivity contribution in [3.63, 3.8) is 0 Å². The van der Waals surface area contributed by atoms with Crippen LogP contribution in [-0.2, 0) is 0 Å².